The van der Waals surface area contributed by atoms with Gasteiger partial charge in [-0.05, 0) is 6.92 Å². The molecule has 0 aromatic carbocycles. The molecule has 0 bridgehead atoms. The number of hydrogen-bond acceptors (Lipinski definition) is 5. The Morgan fingerprint density at radius 2 is 2.47 bits per heavy atom. The Balaban J connectivity index is 1.77. The van der Waals surface area contributed by atoms with Crippen LogP contribution in [0.5, 0.6) is 0 Å². The Hall–Kier alpha value is -2.25. The second kappa shape index (κ2) is 5.19. The summed E-state index contributed by atoms with van der Waals surface area (Å²) < 4.78 is 1.50. The molecule has 17 heavy (non-hydrogen) atoms. The summed E-state index contributed by atoms with van der Waals surface area (Å²) in [6.07, 6.45) is 4.98. The molecule has 2 aromatic rings. The van der Waals surface area contributed by atoms with Crippen molar-refractivity contribution in [2.24, 2.45) is 0 Å². The lowest BCUT2D eigenvalue weighted by Gasteiger charge is -2.11. The van der Waals surface area contributed by atoms with Gasteiger partial charge in [0.25, 0.3) is 0 Å². The zero-order chi connectivity index (χ0) is 12.1. The number of aromatic amines is 1. The first-order chi connectivity index (χ1) is 8.27. The molecule has 0 fully saturated rings. The predicted octanol–water partition coefficient (Wildman–Crippen LogP) is -0.684. The van der Waals surface area contributed by atoms with Gasteiger partial charge in [0, 0.05) is 13.0 Å². The highest BCUT2D eigenvalue weighted by molar-refractivity contribution is 5.79. The van der Waals surface area contributed by atoms with E-state index in [0.717, 1.165) is 5.82 Å². The van der Waals surface area contributed by atoms with Crippen molar-refractivity contribution in [1.82, 2.24) is 35.3 Å². The second-order valence-corrected chi connectivity index (χ2v) is 3.52. The maximum absolute atomic E-state index is 11.7. The second-order valence-electron chi connectivity index (χ2n) is 3.52. The summed E-state index contributed by atoms with van der Waals surface area (Å²) in [7, 11) is 0. The van der Waals surface area contributed by atoms with E-state index < -0.39 is 0 Å². The van der Waals surface area contributed by atoms with Crippen molar-refractivity contribution in [3.8, 4) is 0 Å². The van der Waals surface area contributed by atoms with Crippen molar-refractivity contribution in [2.75, 3.05) is 6.54 Å². The molecule has 2 heterocycles. The lowest BCUT2D eigenvalue weighted by atomic mass is 10.3. The first-order valence-corrected chi connectivity index (χ1v) is 5.23. The number of carbonyl (C=O) groups is 1. The summed E-state index contributed by atoms with van der Waals surface area (Å²) in [5.41, 5.74) is 0. The van der Waals surface area contributed by atoms with Gasteiger partial charge in [-0.15, -0.1) is 0 Å². The Kier molecular flexibility index (Phi) is 3.43. The van der Waals surface area contributed by atoms with Gasteiger partial charge in [0.05, 0.1) is 0 Å². The molecule has 0 aliphatic carbocycles. The fraction of sp³-hybridized carbons (Fsp3) is 0.444. The van der Waals surface area contributed by atoms with Crippen molar-refractivity contribution in [3.05, 3.63) is 24.8 Å². The molecule has 90 valence electrons. The summed E-state index contributed by atoms with van der Waals surface area (Å²) in [6, 6.07) is -0.368. The molecule has 0 saturated carbocycles. The Bertz CT molecular complexity index is 450. The van der Waals surface area contributed by atoms with Crippen LogP contribution in [0.25, 0.3) is 0 Å². The normalized spacial score (nSPS) is 12.3. The van der Waals surface area contributed by atoms with Crippen LogP contribution in [-0.4, -0.2) is 42.4 Å². The van der Waals surface area contributed by atoms with Crippen LogP contribution in [-0.2, 0) is 11.2 Å². The van der Waals surface area contributed by atoms with Crippen molar-refractivity contribution in [3.63, 3.8) is 0 Å². The van der Waals surface area contributed by atoms with Gasteiger partial charge < -0.3 is 5.32 Å². The number of aromatic nitrogens is 6. The van der Waals surface area contributed by atoms with Gasteiger partial charge in [0.2, 0.25) is 5.91 Å². The molecule has 0 aliphatic heterocycles. The van der Waals surface area contributed by atoms with E-state index in [-0.39, 0.29) is 11.9 Å². The number of hydrogen-bond donors (Lipinski definition) is 2. The minimum absolute atomic E-state index is 0.102. The third-order valence-corrected chi connectivity index (χ3v) is 2.34. The third-order valence-electron chi connectivity index (χ3n) is 2.34. The summed E-state index contributed by atoms with van der Waals surface area (Å²) in [5.74, 6) is 0.647. The molecule has 8 heteroatoms. The van der Waals surface area contributed by atoms with Crippen LogP contribution in [0.1, 0.15) is 18.8 Å². The molecule has 2 aromatic heterocycles. The van der Waals surface area contributed by atoms with Crippen LogP contribution in [0, 0.1) is 0 Å². The average molecular weight is 235 g/mol. The SMILES string of the molecule is CC(C(=O)NCCc1ncn[nH]1)n1cncn1. The monoisotopic (exact) mass is 235 g/mol. The fourth-order valence-corrected chi connectivity index (χ4v) is 1.34. The lowest BCUT2D eigenvalue weighted by Crippen LogP contribution is -2.32. The zero-order valence-electron chi connectivity index (χ0n) is 9.37. The molecule has 2 N–H and O–H groups in total. The van der Waals surface area contributed by atoms with E-state index in [4.69, 9.17) is 0 Å². The minimum Gasteiger partial charge on any atom is -0.354 e. The maximum atomic E-state index is 11.7. The van der Waals surface area contributed by atoms with E-state index in [2.05, 4.69) is 30.6 Å². The molecular weight excluding hydrogens is 222 g/mol. The molecule has 1 amide bonds. The van der Waals surface area contributed by atoms with Gasteiger partial charge in [-0.3, -0.25) is 9.89 Å². The van der Waals surface area contributed by atoms with E-state index in [1.807, 2.05) is 0 Å². The topological polar surface area (TPSA) is 101 Å². The van der Waals surface area contributed by atoms with Crippen LogP contribution in [0.15, 0.2) is 19.0 Å². The van der Waals surface area contributed by atoms with Gasteiger partial charge in [-0.25, -0.2) is 14.6 Å². The number of nitrogens with one attached hydrogen (secondary N) is 2. The van der Waals surface area contributed by atoms with Crippen LogP contribution >= 0.6 is 0 Å². The first-order valence-electron chi connectivity index (χ1n) is 5.23. The number of nitrogens with zero attached hydrogens (tertiary/aromatic N) is 5. The molecule has 1 atom stereocenters. The van der Waals surface area contributed by atoms with Gasteiger partial charge in [0.15, 0.2) is 0 Å². The molecule has 2 rings (SSSR count). The van der Waals surface area contributed by atoms with Crippen molar-refractivity contribution < 1.29 is 4.79 Å². The quantitative estimate of drug-likeness (QED) is 0.714. The summed E-state index contributed by atoms with van der Waals surface area (Å²) in [4.78, 5) is 19.5. The van der Waals surface area contributed by atoms with Gasteiger partial charge in [-0.2, -0.15) is 10.2 Å². The predicted molar refractivity (Wildman–Crippen MR) is 57.8 cm³/mol. The zero-order valence-corrected chi connectivity index (χ0v) is 9.37. The number of rotatable bonds is 5. The number of H-pyrrole nitrogens is 1. The summed E-state index contributed by atoms with van der Waals surface area (Å²) >= 11 is 0. The van der Waals surface area contributed by atoms with Crippen molar-refractivity contribution in [2.45, 2.75) is 19.4 Å². The van der Waals surface area contributed by atoms with E-state index in [0.29, 0.717) is 13.0 Å². The van der Waals surface area contributed by atoms with Crippen molar-refractivity contribution in [1.29, 1.82) is 0 Å². The molecular formula is C9H13N7O. The highest BCUT2D eigenvalue weighted by Crippen LogP contribution is 2.01. The van der Waals surface area contributed by atoms with E-state index in [1.165, 1.54) is 23.7 Å². The highest BCUT2D eigenvalue weighted by Gasteiger charge is 2.14. The van der Waals surface area contributed by atoms with Crippen LogP contribution in [0.3, 0.4) is 0 Å². The van der Waals surface area contributed by atoms with E-state index >= 15 is 0 Å². The smallest absolute Gasteiger partial charge is 0.244 e. The van der Waals surface area contributed by atoms with Gasteiger partial charge in [0.1, 0.15) is 30.8 Å². The Morgan fingerprint density at radius 3 is 3.12 bits per heavy atom. The van der Waals surface area contributed by atoms with Gasteiger partial charge >= 0.3 is 0 Å². The number of carbonyl (C=O) groups excluding carboxylic acids is 1. The summed E-state index contributed by atoms with van der Waals surface area (Å²) in [6.45, 7) is 2.27. The molecule has 0 saturated heterocycles. The van der Waals surface area contributed by atoms with Crippen LogP contribution < -0.4 is 5.32 Å². The third kappa shape index (κ3) is 2.86. The average Bonchev–Trinajstić information content (AvgIpc) is 3.00. The highest BCUT2D eigenvalue weighted by atomic mass is 16.2. The van der Waals surface area contributed by atoms with Crippen molar-refractivity contribution >= 4 is 5.91 Å². The van der Waals surface area contributed by atoms with Gasteiger partial charge in [-0.1, -0.05) is 0 Å². The Labute approximate surface area is 97.5 Å². The van der Waals surface area contributed by atoms with E-state index in [9.17, 15) is 4.79 Å². The number of amides is 1. The van der Waals surface area contributed by atoms with Crippen LogP contribution in [0.2, 0.25) is 0 Å². The standard InChI is InChI=1S/C9H13N7O/c1-7(16-6-10-4-14-16)9(17)11-3-2-8-12-5-13-15-8/h4-7H,2-3H2,1H3,(H,11,17)(H,12,13,15). The molecule has 8 nitrogen and oxygen atoms in total. The largest absolute Gasteiger partial charge is 0.354 e. The van der Waals surface area contributed by atoms with Crippen LogP contribution in [0.4, 0.5) is 0 Å². The minimum atomic E-state index is -0.368. The lowest BCUT2D eigenvalue weighted by molar-refractivity contribution is -0.124. The molecule has 0 spiro atoms. The first kappa shape index (κ1) is 11.2. The molecule has 0 aliphatic rings. The Morgan fingerprint density at radius 1 is 1.59 bits per heavy atom. The molecule has 0 radical (unpaired) electrons. The fourth-order valence-electron chi connectivity index (χ4n) is 1.34. The maximum Gasteiger partial charge on any atom is 0.244 e. The molecule has 1 unspecified atom stereocenters. The van der Waals surface area contributed by atoms with E-state index in [1.54, 1.807) is 6.92 Å². The summed E-state index contributed by atoms with van der Waals surface area (Å²) in [5, 5.41) is 13.2.